The molecule has 0 saturated heterocycles. The molecule has 0 aromatic heterocycles. The summed E-state index contributed by atoms with van der Waals surface area (Å²) in [7, 11) is 0. The molecule has 0 bridgehead atoms. The second kappa shape index (κ2) is 30.9. The van der Waals surface area contributed by atoms with E-state index >= 15 is 0 Å². The van der Waals surface area contributed by atoms with Crippen molar-refractivity contribution in [1.29, 1.82) is 0 Å². The Morgan fingerprint density at radius 3 is 0.429 bits per heavy atom. The fourth-order valence-electron chi connectivity index (χ4n) is 0. The Bertz CT molecular complexity index is 211. The third-order valence-electron chi connectivity index (χ3n) is 0. The van der Waals surface area contributed by atoms with Gasteiger partial charge >= 0.3 is 25.8 Å². The van der Waals surface area contributed by atoms with Gasteiger partial charge in [0.05, 0.1) is 0 Å². The van der Waals surface area contributed by atoms with Crippen LogP contribution in [0.1, 0.15) is 34.6 Å². The zero-order valence-electron chi connectivity index (χ0n) is 11.8. The van der Waals surface area contributed by atoms with Crippen molar-refractivity contribution >= 4 is 55.7 Å². The number of carboxylic acid groups (broad SMARTS) is 5. The molecule has 5 N–H and O–H groups in total. The van der Waals surface area contributed by atoms with Gasteiger partial charge in [-0.3, -0.25) is 24.0 Å². The Morgan fingerprint density at radius 1 is 0.429 bits per heavy atom. The van der Waals surface area contributed by atoms with E-state index in [1.54, 1.807) is 0 Å². The van der Waals surface area contributed by atoms with Gasteiger partial charge in [0.2, 0.25) is 0 Å². The average Bonchev–Trinajstić information content (AvgIpc) is 1.94. The summed E-state index contributed by atoms with van der Waals surface area (Å²) in [6.45, 7) is 5.42. The first-order chi connectivity index (χ1) is 8.66. The van der Waals surface area contributed by atoms with E-state index in [1.165, 1.54) is 0 Å². The average molecular weight is 418 g/mol. The molecule has 0 aromatic rings. The van der Waals surface area contributed by atoms with Crippen LogP contribution in [0.2, 0.25) is 0 Å². The predicted octanol–water partition coefficient (Wildman–Crippen LogP) is -0.729. The second-order valence-corrected chi connectivity index (χ2v) is 2.60. The Balaban J connectivity index is -0.0000000331. The molecule has 0 aliphatic carbocycles. The van der Waals surface area contributed by atoms with Crippen LogP contribution in [0.5, 0.6) is 0 Å². The Morgan fingerprint density at radius 2 is 0.429 bits per heavy atom. The van der Waals surface area contributed by atoms with Gasteiger partial charge in [-0.2, -0.15) is 0 Å². The normalized spacial score (nSPS) is 5.95. The summed E-state index contributed by atoms with van der Waals surface area (Å²) in [5.74, 6) is -4.17. The van der Waals surface area contributed by atoms with Crippen molar-refractivity contribution < 1.29 is 49.5 Å². The molecule has 0 fully saturated rings. The van der Waals surface area contributed by atoms with Gasteiger partial charge in [-0.05, 0) is 0 Å². The number of aliphatic carboxylic acids is 5. The van der Waals surface area contributed by atoms with Crippen LogP contribution in [0.3, 0.4) is 0 Å². The van der Waals surface area contributed by atoms with E-state index in [-0.39, 0.29) is 25.8 Å². The summed E-state index contributed by atoms with van der Waals surface area (Å²) in [6.07, 6.45) is 0. The van der Waals surface area contributed by atoms with Crippen LogP contribution < -0.4 is 0 Å². The topological polar surface area (TPSA) is 186 Å². The van der Waals surface area contributed by atoms with E-state index in [9.17, 15) is 0 Å². The first-order valence-corrected chi connectivity index (χ1v) is 4.64. The first-order valence-electron chi connectivity index (χ1n) is 4.64. The molecule has 0 radical (unpaired) electrons. The molecule has 0 aliphatic heterocycles. The summed E-state index contributed by atoms with van der Waals surface area (Å²) in [5, 5.41) is 37.1. The molecule has 0 atom stereocenters. The van der Waals surface area contributed by atoms with Crippen LogP contribution in [0.25, 0.3) is 0 Å². The van der Waals surface area contributed by atoms with E-state index in [0.717, 1.165) is 34.6 Å². The Hall–Kier alpha value is -1.78. The molecular weight excluding hydrogens is 395 g/mol. The summed E-state index contributed by atoms with van der Waals surface area (Å²) in [6, 6.07) is 0. The minimum atomic E-state index is -0.833. The van der Waals surface area contributed by atoms with Gasteiger partial charge in [-0.25, -0.2) is 0 Å². The quantitative estimate of drug-likeness (QED) is 0.336. The van der Waals surface area contributed by atoms with Crippen LogP contribution in [0.15, 0.2) is 0 Å². The van der Waals surface area contributed by atoms with Crippen LogP contribution in [-0.2, 0) is 24.0 Å². The van der Waals surface area contributed by atoms with Gasteiger partial charge < -0.3 is 25.5 Å². The maximum absolute atomic E-state index is 9.00. The van der Waals surface area contributed by atoms with Crippen molar-refractivity contribution in [3.8, 4) is 0 Å². The summed E-state index contributed by atoms with van der Waals surface area (Å²) >= 11 is 0. The van der Waals surface area contributed by atoms with E-state index < -0.39 is 29.8 Å². The fraction of sp³-hybridized carbons (Fsp3) is 0.500. The van der Waals surface area contributed by atoms with E-state index in [4.69, 9.17) is 49.5 Å². The predicted molar refractivity (Wildman–Crippen MR) is 76.5 cm³/mol. The first kappa shape index (κ1) is 36.5. The summed E-state index contributed by atoms with van der Waals surface area (Å²) < 4.78 is 0. The minimum absolute atomic E-state index is 0. The Kier molecular flexibility index (Phi) is 53.7. The fourth-order valence-corrected chi connectivity index (χ4v) is 0. The number of hydrogen-bond donors (Lipinski definition) is 5. The van der Waals surface area contributed by atoms with Crippen molar-refractivity contribution in [1.82, 2.24) is 0 Å². The molecule has 0 rings (SSSR count). The van der Waals surface area contributed by atoms with E-state index in [2.05, 4.69) is 0 Å². The van der Waals surface area contributed by atoms with Crippen molar-refractivity contribution in [3.63, 3.8) is 0 Å². The molecule has 10 nitrogen and oxygen atoms in total. The molecule has 0 heterocycles. The number of carboxylic acids is 5. The molecule has 21 heavy (non-hydrogen) atoms. The SMILES string of the molecule is CC(=O)O.CC(=O)O.CC(=O)O.CC(=O)O.CC(=O)O.[InH3]. The van der Waals surface area contributed by atoms with Crippen molar-refractivity contribution in [2.45, 2.75) is 34.6 Å². The van der Waals surface area contributed by atoms with E-state index in [1.807, 2.05) is 0 Å². The molecule has 0 spiro atoms. The number of carbonyl (C=O) groups is 5. The number of hydrogen-bond acceptors (Lipinski definition) is 5. The molecular formula is C10H23InO10. The molecule has 0 aliphatic rings. The molecule has 0 aromatic carbocycles. The summed E-state index contributed by atoms with van der Waals surface area (Å²) in [5.41, 5.74) is 0. The van der Waals surface area contributed by atoms with Gasteiger partial charge in [0.1, 0.15) is 0 Å². The molecule has 0 unspecified atom stereocenters. The van der Waals surface area contributed by atoms with Gasteiger partial charge in [-0.1, -0.05) is 0 Å². The zero-order valence-corrected chi connectivity index (χ0v) is 11.8. The second-order valence-electron chi connectivity index (χ2n) is 2.60. The van der Waals surface area contributed by atoms with Crippen molar-refractivity contribution in [2.75, 3.05) is 0 Å². The third kappa shape index (κ3) is 1510. The van der Waals surface area contributed by atoms with Crippen LogP contribution >= 0.6 is 0 Å². The monoisotopic (exact) mass is 418 g/mol. The van der Waals surface area contributed by atoms with Crippen LogP contribution in [0, 0.1) is 0 Å². The van der Waals surface area contributed by atoms with Crippen LogP contribution in [0.4, 0.5) is 0 Å². The maximum atomic E-state index is 9.00. The van der Waals surface area contributed by atoms with Crippen molar-refractivity contribution in [3.05, 3.63) is 0 Å². The third-order valence-corrected chi connectivity index (χ3v) is 0. The van der Waals surface area contributed by atoms with Crippen LogP contribution in [-0.4, -0.2) is 81.2 Å². The van der Waals surface area contributed by atoms with Gasteiger partial charge in [-0.15, -0.1) is 0 Å². The zero-order chi connectivity index (χ0) is 17.9. The molecule has 11 heteroatoms. The van der Waals surface area contributed by atoms with Gasteiger partial charge in [0.25, 0.3) is 29.8 Å². The standard InChI is InChI=1S/5C2H4O2.In.3H/c5*1-2(3)4;;;;/h5*1H3,(H,3,4);;;;. The van der Waals surface area contributed by atoms with E-state index in [0.29, 0.717) is 0 Å². The summed E-state index contributed by atoms with van der Waals surface area (Å²) in [4.78, 5) is 45.0. The Labute approximate surface area is 140 Å². The van der Waals surface area contributed by atoms with Crippen molar-refractivity contribution in [2.24, 2.45) is 0 Å². The molecule has 0 amide bonds. The number of rotatable bonds is 0. The molecule has 0 saturated carbocycles. The van der Waals surface area contributed by atoms with Gasteiger partial charge in [0, 0.05) is 34.6 Å². The van der Waals surface area contributed by atoms with Gasteiger partial charge in [0.15, 0.2) is 0 Å². The molecule has 126 valence electrons.